The fourth-order valence-electron chi connectivity index (χ4n) is 1.90. The quantitative estimate of drug-likeness (QED) is 0.825. The second kappa shape index (κ2) is 4.25. The highest BCUT2D eigenvalue weighted by Gasteiger charge is 2.15. The van der Waals surface area contributed by atoms with Crippen LogP contribution in [0.1, 0.15) is 21.6 Å². The molecule has 0 aliphatic rings. The van der Waals surface area contributed by atoms with Gasteiger partial charge in [-0.3, -0.25) is 4.79 Å². The Kier molecular flexibility index (Phi) is 2.90. The predicted octanol–water partition coefficient (Wildman–Crippen LogP) is 1.53. The number of pyridine rings is 2. The van der Waals surface area contributed by atoms with Gasteiger partial charge < -0.3 is 10.6 Å². The fourth-order valence-corrected chi connectivity index (χ4v) is 1.90. The van der Waals surface area contributed by atoms with Crippen LogP contribution in [-0.4, -0.2) is 34.9 Å². The summed E-state index contributed by atoms with van der Waals surface area (Å²) in [7, 11) is 3.37. The molecule has 0 aliphatic heterocycles. The zero-order valence-corrected chi connectivity index (χ0v) is 11.0. The van der Waals surface area contributed by atoms with Crippen molar-refractivity contribution in [3.05, 3.63) is 29.0 Å². The van der Waals surface area contributed by atoms with Gasteiger partial charge in [0.15, 0.2) is 5.65 Å². The summed E-state index contributed by atoms with van der Waals surface area (Å²) in [6.45, 7) is 3.88. The normalized spacial score (nSPS) is 10.7. The summed E-state index contributed by atoms with van der Waals surface area (Å²) in [4.78, 5) is 22.0. The fraction of sp³-hybridized carbons (Fsp3) is 0.308. The number of aryl methyl sites for hydroxylation is 2. The van der Waals surface area contributed by atoms with Crippen LogP contribution in [0.15, 0.2) is 12.1 Å². The highest BCUT2D eigenvalue weighted by molar-refractivity contribution is 6.01. The lowest BCUT2D eigenvalue weighted by Gasteiger charge is -2.13. The van der Waals surface area contributed by atoms with Gasteiger partial charge in [0.25, 0.3) is 5.91 Å². The van der Waals surface area contributed by atoms with E-state index < -0.39 is 0 Å². The van der Waals surface area contributed by atoms with E-state index in [0.717, 1.165) is 16.6 Å². The minimum Gasteiger partial charge on any atom is -0.383 e. The van der Waals surface area contributed by atoms with Crippen molar-refractivity contribution in [1.29, 1.82) is 0 Å². The molecule has 2 N–H and O–H groups in total. The Hall–Kier alpha value is -2.17. The van der Waals surface area contributed by atoms with Gasteiger partial charge in [0.1, 0.15) is 5.82 Å². The van der Waals surface area contributed by atoms with Gasteiger partial charge in [0.05, 0.1) is 5.56 Å². The van der Waals surface area contributed by atoms with Crippen molar-refractivity contribution in [2.75, 3.05) is 19.8 Å². The molecule has 18 heavy (non-hydrogen) atoms. The molecular formula is C13H16N4O. The summed E-state index contributed by atoms with van der Waals surface area (Å²) in [6, 6.07) is 3.73. The Morgan fingerprint density at radius 2 is 1.89 bits per heavy atom. The lowest BCUT2D eigenvalue weighted by molar-refractivity contribution is 0.0828. The van der Waals surface area contributed by atoms with Crippen molar-refractivity contribution in [3.63, 3.8) is 0 Å². The Morgan fingerprint density at radius 3 is 2.50 bits per heavy atom. The lowest BCUT2D eigenvalue weighted by Crippen LogP contribution is -2.23. The molecule has 0 saturated carbocycles. The number of rotatable bonds is 1. The first kappa shape index (κ1) is 12.3. The largest absolute Gasteiger partial charge is 0.383 e. The number of aromatic nitrogens is 2. The van der Waals surface area contributed by atoms with Crippen LogP contribution in [0, 0.1) is 13.8 Å². The van der Waals surface area contributed by atoms with Crippen molar-refractivity contribution in [2.24, 2.45) is 0 Å². The maximum Gasteiger partial charge on any atom is 0.257 e. The zero-order valence-electron chi connectivity index (χ0n) is 11.0. The molecule has 0 spiro atoms. The molecule has 2 aromatic heterocycles. The van der Waals surface area contributed by atoms with Crippen LogP contribution >= 0.6 is 0 Å². The summed E-state index contributed by atoms with van der Waals surface area (Å²) >= 11 is 0. The Bertz CT molecular complexity index is 634. The third-order valence-corrected chi connectivity index (χ3v) is 2.80. The first-order valence-corrected chi connectivity index (χ1v) is 5.66. The summed E-state index contributed by atoms with van der Waals surface area (Å²) in [5, 5.41) is 0.861. The van der Waals surface area contributed by atoms with Crippen LogP contribution in [0.5, 0.6) is 0 Å². The number of hydrogen-bond donors (Lipinski definition) is 1. The monoisotopic (exact) mass is 244 g/mol. The minimum absolute atomic E-state index is 0.151. The number of fused-ring (bicyclic) bond motifs is 1. The van der Waals surface area contributed by atoms with E-state index in [2.05, 4.69) is 9.97 Å². The van der Waals surface area contributed by atoms with E-state index in [0.29, 0.717) is 11.2 Å². The van der Waals surface area contributed by atoms with Gasteiger partial charge in [0, 0.05) is 25.2 Å². The molecule has 0 atom stereocenters. The number of nitrogen functional groups attached to an aromatic ring is 1. The molecule has 5 heteroatoms. The zero-order chi connectivity index (χ0) is 13.4. The third kappa shape index (κ3) is 1.99. The topological polar surface area (TPSA) is 72.1 Å². The Morgan fingerprint density at radius 1 is 1.22 bits per heavy atom. The number of carbonyl (C=O) groups excluding carboxylic acids is 1. The average molecular weight is 244 g/mol. The second-order valence-corrected chi connectivity index (χ2v) is 4.57. The van der Waals surface area contributed by atoms with Gasteiger partial charge >= 0.3 is 0 Å². The molecule has 0 radical (unpaired) electrons. The van der Waals surface area contributed by atoms with Gasteiger partial charge in [-0.2, -0.15) is 0 Å². The molecule has 0 aliphatic carbocycles. The van der Waals surface area contributed by atoms with Crippen LogP contribution in [0.25, 0.3) is 11.0 Å². The van der Waals surface area contributed by atoms with E-state index in [1.54, 1.807) is 20.2 Å². The van der Waals surface area contributed by atoms with E-state index in [1.165, 1.54) is 4.90 Å². The maximum absolute atomic E-state index is 12.0. The summed E-state index contributed by atoms with van der Waals surface area (Å²) in [5.41, 5.74) is 8.76. The standard InChI is InChI=1S/C13H16N4O/c1-7-5-8(2)15-12-9(7)6-10(11(14)16-12)13(18)17(3)4/h5-6H,1-4H3,(H2,14,15,16). The molecule has 0 aromatic carbocycles. The van der Waals surface area contributed by atoms with Crippen LogP contribution in [0.2, 0.25) is 0 Å². The molecule has 1 amide bonds. The highest BCUT2D eigenvalue weighted by atomic mass is 16.2. The van der Waals surface area contributed by atoms with E-state index >= 15 is 0 Å². The molecule has 2 rings (SSSR count). The molecule has 0 fully saturated rings. The molecule has 0 saturated heterocycles. The third-order valence-electron chi connectivity index (χ3n) is 2.80. The minimum atomic E-state index is -0.151. The van der Waals surface area contributed by atoms with Crippen molar-refractivity contribution in [3.8, 4) is 0 Å². The second-order valence-electron chi connectivity index (χ2n) is 4.57. The van der Waals surface area contributed by atoms with Crippen molar-refractivity contribution < 1.29 is 4.79 Å². The number of hydrogen-bond acceptors (Lipinski definition) is 4. The van der Waals surface area contributed by atoms with Crippen molar-refractivity contribution in [2.45, 2.75) is 13.8 Å². The Labute approximate surface area is 106 Å². The summed E-state index contributed by atoms with van der Waals surface area (Å²) in [5.74, 6) is 0.0700. The first-order valence-electron chi connectivity index (χ1n) is 5.66. The van der Waals surface area contributed by atoms with E-state index in [9.17, 15) is 4.79 Å². The Balaban J connectivity index is 2.72. The van der Waals surface area contributed by atoms with Gasteiger partial charge in [-0.15, -0.1) is 0 Å². The van der Waals surface area contributed by atoms with Crippen molar-refractivity contribution in [1.82, 2.24) is 14.9 Å². The molecule has 94 valence electrons. The number of nitrogens with two attached hydrogens (primary N) is 1. The smallest absolute Gasteiger partial charge is 0.257 e. The van der Waals surface area contributed by atoms with Gasteiger partial charge in [0.2, 0.25) is 0 Å². The predicted molar refractivity (Wildman–Crippen MR) is 71.4 cm³/mol. The first-order chi connectivity index (χ1) is 8.40. The van der Waals surface area contributed by atoms with E-state index in [4.69, 9.17) is 5.73 Å². The van der Waals surface area contributed by atoms with Gasteiger partial charge in [-0.25, -0.2) is 9.97 Å². The summed E-state index contributed by atoms with van der Waals surface area (Å²) < 4.78 is 0. The number of anilines is 1. The lowest BCUT2D eigenvalue weighted by atomic mass is 10.1. The number of nitrogens with zero attached hydrogens (tertiary/aromatic N) is 3. The molecule has 2 aromatic rings. The summed E-state index contributed by atoms with van der Waals surface area (Å²) in [6.07, 6.45) is 0. The molecule has 5 nitrogen and oxygen atoms in total. The van der Waals surface area contributed by atoms with Crippen molar-refractivity contribution >= 4 is 22.8 Å². The van der Waals surface area contributed by atoms with Gasteiger partial charge in [-0.05, 0) is 31.5 Å². The number of amides is 1. The molecule has 0 bridgehead atoms. The van der Waals surface area contributed by atoms with E-state index in [-0.39, 0.29) is 11.7 Å². The molecule has 2 heterocycles. The van der Waals surface area contributed by atoms with Crippen LogP contribution in [0.3, 0.4) is 0 Å². The number of carbonyl (C=O) groups is 1. The molecular weight excluding hydrogens is 228 g/mol. The highest BCUT2D eigenvalue weighted by Crippen LogP contribution is 2.21. The van der Waals surface area contributed by atoms with Gasteiger partial charge in [-0.1, -0.05) is 0 Å². The van der Waals surface area contributed by atoms with Crippen LogP contribution < -0.4 is 5.73 Å². The van der Waals surface area contributed by atoms with Crippen LogP contribution in [0.4, 0.5) is 5.82 Å². The maximum atomic E-state index is 12.0. The van der Waals surface area contributed by atoms with Crippen LogP contribution in [-0.2, 0) is 0 Å². The average Bonchev–Trinajstić information content (AvgIpc) is 2.26. The SMILES string of the molecule is Cc1cc(C)c2cc(C(=O)N(C)C)c(N)nc2n1. The molecule has 0 unspecified atom stereocenters. The van der Waals surface area contributed by atoms with E-state index in [1.807, 2.05) is 19.9 Å².